The van der Waals surface area contributed by atoms with Crippen molar-refractivity contribution in [2.45, 2.75) is 19.6 Å². The van der Waals surface area contributed by atoms with E-state index in [0.29, 0.717) is 13.2 Å². The van der Waals surface area contributed by atoms with Gasteiger partial charge in [-0.25, -0.2) is 0 Å². The molecule has 4 nitrogen and oxygen atoms in total. The first-order valence-electron chi connectivity index (χ1n) is 5.73. The molecule has 0 aliphatic carbocycles. The predicted octanol–water partition coefficient (Wildman–Crippen LogP) is 3.08. The molecule has 17 heavy (non-hydrogen) atoms. The topological polar surface area (TPSA) is 47.9 Å². The number of hydrogen-bond acceptors (Lipinski definition) is 4. The molecule has 0 spiro atoms. The molecular weight excluding hydrogens is 237 g/mol. The first-order valence-corrected chi connectivity index (χ1v) is 7.34. The Hall–Kier alpha value is -0.960. The van der Waals surface area contributed by atoms with Crippen LogP contribution in [0.1, 0.15) is 19.4 Å². The zero-order valence-electron chi connectivity index (χ0n) is 10.00. The molecule has 1 aromatic rings. The lowest BCUT2D eigenvalue weighted by Crippen LogP contribution is -2.07. The van der Waals surface area contributed by atoms with Crippen LogP contribution in [0.4, 0.5) is 0 Å². The molecule has 0 radical (unpaired) electrons. The molecule has 0 bridgehead atoms. The van der Waals surface area contributed by atoms with Gasteiger partial charge in [0.05, 0.1) is 18.9 Å². The summed E-state index contributed by atoms with van der Waals surface area (Å²) in [5, 5.41) is 0. The Kier molecular flexibility index (Phi) is 3.77. The van der Waals surface area contributed by atoms with Gasteiger partial charge in [-0.05, 0) is 19.4 Å². The van der Waals surface area contributed by atoms with Crippen molar-refractivity contribution in [3.05, 3.63) is 35.9 Å². The normalized spacial score (nSPS) is 18.9. The van der Waals surface area contributed by atoms with Crippen LogP contribution < -0.4 is 0 Å². The average Bonchev–Trinajstić information content (AvgIpc) is 3.11. The molecule has 0 fully saturated rings. The Labute approximate surface area is 101 Å². The molecule has 0 saturated heterocycles. The van der Waals surface area contributed by atoms with E-state index in [4.69, 9.17) is 9.05 Å². The van der Waals surface area contributed by atoms with E-state index >= 15 is 0 Å². The molecule has 1 atom stereocenters. The first kappa shape index (κ1) is 12.5. The number of rotatable bonds is 6. The molecule has 0 aromatic heterocycles. The maximum absolute atomic E-state index is 12.4. The third-order valence-electron chi connectivity index (χ3n) is 2.43. The second-order valence-corrected chi connectivity index (χ2v) is 5.71. The summed E-state index contributed by atoms with van der Waals surface area (Å²) >= 11 is 0. The minimum Gasteiger partial charge on any atom is -0.307 e. The van der Waals surface area contributed by atoms with Crippen LogP contribution in [0, 0.1) is 0 Å². The molecule has 0 unspecified atom stereocenters. The van der Waals surface area contributed by atoms with Crippen molar-refractivity contribution in [2.75, 3.05) is 13.2 Å². The Morgan fingerprint density at radius 2 is 1.76 bits per heavy atom. The standard InChI is InChI=1S/C12H16NO3P/c1-3-15-17(14,16-4-2)12-11(13-12)10-8-6-5-7-9-10/h5-9,12H,3-4H2,1-2H3/t12-/m1/s1. The lowest BCUT2D eigenvalue weighted by atomic mass is 10.2. The van der Waals surface area contributed by atoms with E-state index in [1.54, 1.807) is 13.8 Å². The highest BCUT2D eigenvalue weighted by molar-refractivity contribution is 7.56. The van der Waals surface area contributed by atoms with Crippen LogP contribution in [0.5, 0.6) is 0 Å². The minimum absolute atomic E-state index is 0.366. The fraction of sp³-hybridized carbons (Fsp3) is 0.417. The van der Waals surface area contributed by atoms with Gasteiger partial charge in [-0.15, -0.1) is 0 Å². The Balaban J connectivity index is 2.09. The van der Waals surface area contributed by atoms with Crippen LogP contribution in [0.25, 0.3) is 0 Å². The molecular formula is C12H16NO3P. The summed E-state index contributed by atoms with van der Waals surface area (Å²) in [6, 6.07) is 9.69. The number of benzene rings is 1. The van der Waals surface area contributed by atoms with Gasteiger partial charge in [0.1, 0.15) is 0 Å². The summed E-state index contributed by atoms with van der Waals surface area (Å²) in [7, 11) is -3.11. The van der Waals surface area contributed by atoms with E-state index in [1.807, 2.05) is 30.3 Å². The summed E-state index contributed by atoms with van der Waals surface area (Å²) in [4.78, 5) is 4.24. The van der Waals surface area contributed by atoms with Crippen molar-refractivity contribution in [3.8, 4) is 0 Å². The van der Waals surface area contributed by atoms with Crippen molar-refractivity contribution < 1.29 is 13.6 Å². The van der Waals surface area contributed by atoms with Crippen molar-refractivity contribution in [3.63, 3.8) is 0 Å². The van der Waals surface area contributed by atoms with Crippen LogP contribution in [0.15, 0.2) is 35.3 Å². The monoisotopic (exact) mass is 253 g/mol. The van der Waals surface area contributed by atoms with Crippen molar-refractivity contribution >= 4 is 13.3 Å². The fourth-order valence-electron chi connectivity index (χ4n) is 1.69. The highest BCUT2D eigenvalue weighted by atomic mass is 31.2. The zero-order chi connectivity index (χ0) is 12.3. The van der Waals surface area contributed by atoms with E-state index in [9.17, 15) is 4.57 Å². The van der Waals surface area contributed by atoms with Gasteiger partial charge in [-0.2, -0.15) is 0 Å². The summed E-state index contributed by atoms with van der Waals surface area (Å²) in [6.07, 6.45) is 0. The quantitative estimate of drug-likeness (QED) is 0.732. The Morgan fingerprint density at radius 1 is 1.18 bits per heavy atom. The maximum atomic E-state index is 12.4. The van der Waals surface area contributed by atoms with E-state index < -0.39 is 13.4 Å². The average molecular weight is 253 g/mol. The molecule has 0 saturated carbocycles. The van der Waals surface area contributed by atoms with Gasteiger partial charge < -0.3 is 9.05 Å². The molecule has 1 heterocycles. The lowest BCUT2D eigenvalue weighted by Gasteiger charge is -2.15. The summed E-state index contributed by atoms with van der Waals surface area (Å²) in [5.41, 5.74) is 1.80. The fourth-order valence-corrected chi connectivity index (χ4v) is 3.48. The second-order valence-electron chi connectivity index (χ2n) is 3.63. The Bertz CT molecular complexity index is 448. The van der Waals surface area contributed by atoms with Gasteiger partial charge >= 0.3 is 7.60 Å². The van der Waals surface area contributed by atoms with Gasteiger partial charge in [0, 0.05) is 0 Å². The summed E-state index contributed by atoms with van der Waals surface area (Å²) < 4.78 is 22.9. The molecule has 5 heteroatoms. The third-order valence-corrected chi connectivity index (χ3v) is 4.62. The van der Waals surface area contributed by atoms with Crippen molar-refractivity contribution in [2.24, 2.45) is 4.99 Å². The molecule has 92 valence electrons. The molecule has 2 rings (SSSR count). The highest BCUT2D eigenvalue weighted by Gasteiger charge is 2.47. The lowest BCUT2D eigenvalue weighted by molar-refractivity contribution is 0.219. The summed E-state index contributed by atoms with van der Waals surface area (Å²) in [5.74, 6) is -0.412. The zero-order valence-corrected chi connectivity index (χ0v) is 10.9. The number of hydrogen-bond donors (Lipinski definition) is 0. The molecule has 1 aromatic carbocycles. The first-order chi connectivity index (χ1) is 8.21. The second kappa shape index (κ2) is 5.13. The minimum atomic E-state index is -3.11. The van der Waals surface area contributed by atoms with E-state index in [-0.39, 0.29) is 0 Å². The molecule has 1 aliphatic heterocycles. The van der Waals surface area contributed by atoms with Gasteiger partial charge in [0.2, 0.25) is 0 Å². The number of nitrogens with zero attached hydrogens (tertiary/aromatic N) is 1. The highest BCUT2D eigenvalue weighted by Crippen LogP contribution is 2.59. The SMILES string of the molecule is CCOP(=O)(OCC)[C@H]1N=C1c1ccccc1. The van der Waals surface area contributed by atoms with Gasteiger partial charge in [0.25, 0.3) is 0 Å². The van der Waals surface area contributed by atoms with Crippen LogP contribution in [0.3, 0.4) is 0 Å². The molecule has 0 amide bonds. The van der Waals surface area contributed by atoms with Crippen LogP contribution >= 0.6 is 7.60 Å². The number of aliphatic imine (C=N–C) groups is 1. The van der Waals surface area contributed by atoms with Gasteiger partial charge in [0.15, 0.2) is 5.78 Å². The predicted molar refractivity (Wildman–Crippen MR) is 67.6 cm³/mol. The van der Waals surface area contributed by atoms with Crippen LogP contribution in [-0.2, 0) is 13.6 Å². The van der Waals surface area contributed by atoms with E-state index in [2.05, 4.69) is 4.99 Å². The molecule has 1 aliphatic rings. The van der Waals surface area contributed by atoms with Crippen LogP contribution in [0.2, 0.25) is 0 Å². The molecule has 0 N–H and O–H groups in total. The van der Waals surface area contributed by atoms with Gasteiger partial charge in [-0.1, -0.05) is 30.3 Å². The van der Waals surface area contributed by atoms with Gasteiger partial charge in [-0.3, -0.25) is 9.56 Å². The largest absolute Gasteiger partial charge is 0.361 e. The maximum Gasteiger partial charge on any atom is 0.361 e. The van der Waals surface area contributed by atoms with E-state index in [1.165, 1.54) is 0 Å². The van der Waals surface area contributed by atoms with Crippen LogP contribution in [-0.4, -0.2) is 24.7 Å². The van der Waals surface area contributed by atoms with Crippen molar-refractivity contribution in [1.82, 2.24) is 0 Å². The summed E-state index contributed by atoms with van der Waals surface area (Å²) in [6.45, 7) is 4.34. The van der Waals surface area contributed by atoms with Crippen molar-refractivity contribution in [1.29, 1.82) is 0 Å². The van der Waals surface area contributed by atoms with E-state index in [0.717, 1.165) is 11.3 Å². The third kappa shape index (κ3) is 2.65. The Morgan fingerprint density at radius 3 is 2.29 bits per heavy atom. The smallest absolute Gasteiger partial charge is 0.307 e.